The maximum Gasteiger partial charge on any atom is 0.228 e. The molecule has 1 aromatic rings. The number of nitrogens with zero attached hydrogens (tertiary/aromatic N) is 1. The van der Waals surface area contributed by atoms with Crippen molar-refractivity contribution < 1.29 is 14.7 Å². The second-order valence-electron chi connectivity index (χ2n) is 7.74. The van der Waals surface area contributed by atoms with Crippen LogP contribution in [0, 0.1) is 11.8 Å². The van der Waals surface area contributed by atoms with E-state index in [4.69, 9.17) is 0 Å². The van der Waals surface area contributed by atoms with Crippen LogP contribution < -0.4 is 5.32 Å². The molecule has 1 aliphatic carbocycles. The van der Waals surface area contributed by atoms with Gasteiger partial charge in [0.25, 0.3) is 0 Å². The lowest BCUT2D eigenvalue weighted by Gasteiger charge is -2.53. The Morgan fingerprint density at radius 3 is 2.68 bits per heavy atom. The van der Waals surface area contributed by atoms with Crippen LogP contribution in [-0.2, 0) is 15.2 Å². The highest BCUT2D eigenvalue weighted by Crippen LogP contribution is 2.47. The Labute approximate surface area is 148 Å². The average molecular weight is 342 g/mol. The highest BCUT2D eigenvalue weighted by molar-refractivity contribution is 5.89. The van der Waals surface area contributed by atoms with Crippen LogP contribution >= 0.6 is 0 Å². The minimum absolute atomic E-state index is 0.0312. The van der Waals surface area contributed by atoms with Gasteiger partial charge in [-0.3, -0.25) is 9.59 Å². The van der Waals surface area contributed by atoms with Gasteiger partial charge in [0.05, 0.1) is 11.5 Å². The molecule has 4 rings (SSSR count). The van der Waals surface area contributed by atoms with Crippen molar-refractivity contribution in [2.24, 2.45) is 11.8 Å². The molecule has 0 bridgehead atoms. The van der Waals surface area contributed by atoms with Gasteiger partial charge in [-0.15, -0.1) is 0 Å². The Balaban J connectivity index is 1.60. The number of carbonyl (C=O) groups excluding carboxylic acids is 2. The summed E-state index contributed by atoms with van der Waals surface area (Å²) in [6.45, 7) is 1.02. The highest BCUT2D eigenvalue weighted by atomic mass is 16.3. The monoisotopic (exact) mass is 342 g/mol. The number of hydrogen-bond donors (Lipinski definition) is 2. The van der Waals surface area contributed by atoms with Crippen molar-refractivity contribution >= 4 is 11.8 Å². The van der Waals surface area contributed by atoms with Crippen molar-refractivity contribution in [1.29, 1.82) is 0 Å². The minimum Gasteiger partial charge on any atom is -0.385 e. The summed E-state index contributed by atoms with van der Waals surface area (Å²) in [4.78, 5) is 26.5. The van der Waals surface area contributed by atoms with Crippen LogP contribution in [0.1, 0.15) is 44.1 Å². The van der Waals surface area contributed by atoms with Crippen LogP contribution in [0.3, 0.4) is 0 Å². The molecule has 25 heavy (non-hydrogen) atoms. The molecule has 5 heteroatoms. The van der Waals surface area contributed by atoms with Gasteiger partial charge in [-0.1, -0.05) is 43.2 Å². The van der Waals surface area contributed by atoms with Crippen molar-refractivity contribution in [3.8, 4) is 0 Å². The number of carbonyl (C=O) groups is 2. The third kappa shape index (κ3) is 2.84. The Hall–Kier alpha value is -1.88. The minimum atomic E-state index is -0.854. The average Bonchev–Trinajstić information content (AvgIpc) is 3.09. The lowest BCUT2D eigenvalue weighted by atomic mass is 9.66. The van der Waals surface area contributed by atoms with Crippen LogP contribution in [-0.4, -0.2) is 41.0 Å². The summed E-state index contributed by atoms with van der Waals surface area (Å²) >= 11 is 0. The predicted octanol–water partition coefficient (Wildman–Crippen LogP) is 1.80. The van der Waals surface area contributed by atoms with Crippen LogP contribution in [0.25, 0.3) is 0 Å². The molecule has 3 aliphatic rings. The SMILES string of the molecule is O=C1CC(C(=O)N2CC[C@](O)(c3ccccc3)[C@H]3CCCC[C@H]32)CN1. The molecule has 2 aliphatic heterocycles. The fourth-order valence-electron chi connectivity index (χ4n) is 5.06. The van der Waals surface area contributed by atoms with Gasteiger partial charge in [-0.05, 0) is 24.8 Å². The van der Waals surface area contributed by atoms with Crippen molar-refractivity contribution in [2.75, 3.05) is 13.1 Å². The van der Waals surface area contributed by atoms with Crippen LogP contribution in [0.5, 0.6) is 0 Å². The van der Waals surface area contributed by atoms with E-state index in [1.54, 1.807) is 0 Å². The molecule has 0 spiro atoms. The molecule has 3 fully saturated rings. The Morgan fingerprint density at radius 1 is 1.20 bits per heavy atom. The lowest BCUT2D eigenvalue weighted by molar-refractivity contribution is -0.158. The van der Waals surface area contributed by atoms with Crippen LogP contribution in [0.4, 0.5) is 0 Å². The molecule has 2 N–H and O–H groups in total. The molecule has 5 nitrogen and oxygen atoms in total. The normalized spacial score (nSPS) is 35.2. The van der Waals surface area contributed by atoms with Crippen molar-refractivity contribution in [3.63, 3.8) is 0 Å². The molecule has 0 radical (unpaired) electrons. The van der Waals surface area contributed by atoms with E-state index in [0.29, 0.717) is 25.9 Å². The van der Waals surface area contributed by atoms with Gasteiger partial charge >= 0.3 is 0 Å². The number of fused-ring (bicyclic) bond motifs is 1. The van der Waals surface area contributed by atoms with Gasteiger partial charge in [0.1, 0.15) is 0 Å². The molecular weight excluding hydrogens is 316 g/mol. The molecule has 1 saturated carbocycles. The molecular formula is C20H26N2O3. The number of likely N-dealkylation sites (tertiary alicyclic amines) is 1. The fourth-order valence-corrected chi connectivity index (χ4v) is 5.06. The Kier molecular flexibility index (Phi) is 4.28. The first-order valence-electron chi connectivity index (χ1n) is 9.44. The molecule has 2 saturated heterocycles. The number of hydrogen-bond acceptors (Lipinski definition) is 3. The first kappa shape index (κ1) is 16.6. The number of benzene rings is 1. The predicted molar refractivity (Wildman–Crippen MR) is 93.5 cm³/mol. The molecule has 4 atom stereocenters. The second-order valence-corrected chi connectivity index (χ2v) is 7.74. The summed E-state index contributed by atoms with van der Waals surface area (Å²) in [6, 6.07) is 9.99. The molecule has 2 heterocycles. The zero-order chi connectivity index (χ0) is 17.4. The maximum absolute atomic E-state index is 13.0. The van der Waals surface area contributed by atoms with Gasteiger partial charge in [0.2, 0.25) is 11.8 Å². The number of amides is 2. The number of aliphatic hydroxyl groups is 1. The van der Waals surface area contributed by atoms with E-state index in [2.05, 4.69) is 5.32 Å². The summed E-state index contributed by atoms with van der Waals surface area (Å²) in [5.74, 6) is -0.105. The third-order valence-electron chi connectivity index (χ3n) is 6.36. The van der Waals surface area contributed by atoms with Crippen LogP contribution in [0.2, 0.25) is 0 Å². The molecule has 1 aromatic carbocycles. The van der Waals surface area contributed by atoms with Crippen molar-refractivity contribution in [2.45, 2.75) is 50.2 Å². The molecule has 134 valence electrons. The smallest absolute Gasteiger partial charge is 0.228 e. The summed E-state index contributed by atoms with van der Waals surface area (Å²) in [7, 11) is 0. The van der Waals surface area contributed by atoms with Crippen LogP contribution in [0.15, 0.2) is 30.3 Å². The van der Waals surface area contributed by atoms with E-state index in [9.17, 15) is 14.7 Å². The fraction of sp³-hybridized carbons (Fsp3) is 0.600. The first-order chi connectivity index (χ1) is 12.1. The van der Waals surface area contributed by atoms with Gasteiger partial charge in [-0.2, -0.15) is 0 Å². The number of nitrogens with one attached hydrogen (secondary N) is 1. The van der Waals surface area contributed by atoms with E-state index in [1.807, 2.05) is 35.2 Å². The Morgan fingerprint density at radius 2 is 1.96 bits per heavy atom. The van der Waals surface area contributed by atoms with E-state index < -0.39 is 5.60 Å². The quantitative estimate of drug-likeness (QED) is 0.861. The summed E-state index contributed by atoms with van der Waals surface area (Å²) in [5.41, 5.74) is 0.115. The summed E-state index contributed by atoms with van der Waals surface area (Å²) in [6.07, 6.45) is 4.95. The van der Waals surface area contributed by atoms with Crippen molar-refractivity contribution in [3.05, 3.63) is 35.9 Å². The topological polar surface area (TPSA) is 69.6 Å². The highest BCUT2D eigenvalue weighted by Gasteiger charge is 2.51. The molecule has 0 aromatic heterocycles. The molecule has 2 amide bonds. The zero-order valence-electron chi connectivity index (χ0n) is 14.5. The lowest BCUT2D eigenvalue weighted by Crippen LogP contribution is -2.60. The zero-order valence-corrected chi connectivity index (χ0v) is 14.5. The number of piperidine rings is 1. The maximum atomic E-state index is 13.0. The van der Waals surface area contributed by atoms with E-state index >= 15 is 0 Å². The molecule has 1 unspecified atom stereocenters. The van der Waals surface area contributed by atoms with Gasteiger partial charge in [0, 0.05) is 31.5 Å². The van der Waals surface area contributed by atoms with Crippen molar-refractivity contribution in [1.82, 2.24) is 10.2 Å². The van der Waals surface area contributed by atoms with E-state index in [0.717, 1.165) is 31.2 Å². The van der Waals surface area contributed by atoms with Gasteiger partial charge in [0.15, 0.2) is 0 Å². The second kappa shape index (κ2) is 6.45. The summed E-state index contributed by atoms with van der Waals surface area (Å²) < 4.78 is 0. The van der Waals surface area contributed by atoms with Gasteiger partial charge < -0.3 is 15.3 Å². The largest absolute Gasteiger partial charge is 0.385 e. The van der Waals surface area contributed by atoms with E-state index in [1.165, 1.54) is 0 Å². The Bertz CT molecular complexity index is 662. The van der Waals surface area contributed by atoms with E-state index in [-0.39, 0.29) is 29.7 Å². The summed E-state index contributed by atoms with van der Waals surface area (Å²) in [5, 5.41) is 14.3. The number of rotatable bonds is 2. The van der Waals surface area contributed by atoms with Gasteiger partial charge in [-0.25, -0.2) is 0 Å². The third-order valence-corrected chi connectivity index (χ3v) is 6.36. The first-order valence-corrected chi connectivity index (χ1v) is 9.44. The standard InChI is InChI=1S/C20H26N2O3/c23-18-12-14(13-21-18)19(24)22-11-10-20(25,15-6-2-1-3-7-15)16-8-4-5-9-17(16)22/h1-3,6-7,14,16-17,25H,4-5,8-13H2,(H,21,23)/t14?,16-,17+,20-/m0/s1.